The SMILES string of the molecule is CCC(C)NC(=O)C(Cc1ccccc1)N(Cc1ccccc1C)C(=O)COc1ccc(Cl)cc1Br. The van der Waals surface area contributed by atoms with Crippen molar-refractivity contribution in [2.45, 2.75) is 52.2 Å². The molecule has 5 nitrogen and oxygen atoms in total. The van der Waals surface area contributed by atoms with Crippen LogP contribution in [0.5, 0.6) is 5.75 Å². The van der Waals surface area contributed by atoms with Crippen molar-refractivity contribution in [3.8, 4) is 5.75 Å². The van der Waals surface area contributed by atoms with E-state index in [4.69, 9.17) is 16.3 Å². The number of carbonyl (C=O) groups excluding carboxylic acids is 2. The lowest BCUT2D eigenvalue weighted by Gasteiger charge is -2.32. The minimum absolute atomic E-state index is 0.00698. The molecule has 0 aromatic heterocycles. The summed E-state index contributed by atoms with van der Waals surface area (Å²) in [5, 5.41) is 3.64. The summed E-state index contributed by atoms with van der Waals surface area (Å²) in [6, 6.07) is 22.1. The van der Waals surface area contributed by atoms with Crippen LogP contribution in [0.1, 0.15) is 37.0 Å². The molecule has 0 aliphatic rings. The molecule has 2 amide bonds. The van der Waals surface area contributed by atoms with Crippen molar-refractivity contribution in [1.29, 1.82) is 0 Å². The maximum Gasteiger partial charge on any atom is 0.261 e. The van der Waals surface area contributed by atoms with E-state index < -0.39 is 6.04 Å². The van der Waals surface area contributed by atoms with Crippen LogP contribution >= 0.6 is 27.5 Å². The van der Waals surface area contributed by atoms with Gasteiger partial charge in [-0.2, -0.15) is 0 Å². The highest BCUT2D eigenvalue weighted by atomic mass is 79.9. The van der Waals surface area contributed by atoms with E-state index in [1.54, 1.807) is 23.1 Å². The van der Waals surface area contributed by atoms with E-state index in [-0.39, 0.29) is 24.5 Å². The van der Waals surface area contributed by atoms with Crippen molar-refractivity contribution >= 4 is 39.3 Å². The smallest absolute Gasteiger partial charge is 0.261 e. The van der Waals surface area contributed by atoms with E-state index in [0.717, 1.165) is 23.1 Å². The summed E-state index contributed by atoms with van der Waals surface area (Å²) in [6.45, 7) is 6.07. The molecule has 0 heterocycles. The Labute approximate surface area is 226 Å². The second kappa shape index (κ2) is 13.5. The normalized spacial score (nSPS) is 12.5. The van der Waals surface area contributed by atoms with Crippen LogP contribution in [0.2, 0.25) is 5.02 Å². The van der Waals surface area contributed by atoms with Gasteiger partial charge in [0.2, 0.25) is 5.91 Å². The van der Waals surface area contributed by atoms with Crippen LogP contribution in [0.15, 0.2) is 77.3 Å². The van der Waals surface area contributed by atoms with Crippen molar-refractivity contribution in [2.24, 2.45) is 0 Å². The average Bonchev–Trinajstić information content (AvgIpc) is 2.87. The van der Waals surface area contributed by atoms with Crippen molar-refractivity contribution in [3.63, 3.8) is 0 Å². The Hall–Kier alpha value is -2.83. The number of benzene rings is 3. The summed E-state index contributed by atoms with van der Waals surface area (Å²) in [7, 11) is 0. The summed E-state index contributed by atoms with van der Waals surface area (Å²) in [5.41, 5.74) is 3.01. The van der Waals surface area contributed by atoms with Crippen molar-refractivity contribution in [1.82, 2.24) is 10.2 Å². The van der Waals surface area contributed by atoms with E-state index in [1.807, 2.05) is 75.4 Å². The van der Waals surface area contributed by atoms with Gasteiger partial charge in [-0.25, -0.2) is 0 Å². The summed E-state index contributed by atoms with van der Waals surface area (Å²) in [6.07, 6.45) is 1.19. The quantitative estimate of drug-likeness (QED) is 0.292. The number of carbonyl (C=O) groups is 2. The summed E-state index contributed by atoms with van der Waals surface area (Å²) < 4.78 is 6.51. The Balaban J connectivity index is 1.93. The zero-order chi connectivity index (χ0) is 26.1. The molecule has 3 rings (SSSR count). The van der Waals surface area contributed by atoms with E-state index >= 15 is 0 Å². The number of halogens is 2. The van der Waals surface area contributed by atoms with Crippen LogP contribution in [0.4, 0.5) is 0 Å². The number of nitrogens with one attached hydrogen (secondary N) is 1. The first kappa shape index (κ1) is 27.8. The number of ether oxygens (including phenoxy) is 1. The van der Waals surface area contributed by atoms with Gasteiger partial charge in [0.05, 0.1) is 4.47 Å². The third kappa shape index (κ3) is 7.84. The standard InChI is InChI=1S/C29H32BrClN2O3/c1-4-21(3)32-29(35)26(16-22-11-6-5-7-12-22)33(18-23-13-9-8-10-20(23)2)28(34)19-36-27-15-14-24(31)17-25(27)30/h5-15,17,21,26H,4,16,18-19H2,1-3H3,(H,32,35). The molecular formula is C29H32BrClN2O3. The predicted octanol–water partition coefficient (Wildman–Crippen LogP) is 6.34. The highest BCUT2D eigenvalue weighted by molar-refractivity contribution is 9.10. The topological polar surface area (TPSA) is 58.6 Å². The molecule has 0 bridgehead atoms. The van der Waals surface area contributed by atoms with Gasteiger partial charge in [0.15, 0.2) is 6.61 Å². The van der Waals surface area contributed by atoms with E-state index in [9.17, 15) is 9.59 Å². The molecule has 0 aliphatic carbocycles. The van der Waals surface area contributed by atoms with Crippen LogP contribution in [-0.2, 0) is 22.6 Å². The highest BCUT2D eigenvalue weighted by Gasteiger charge is 2.31. The fraction of sp³-hybridized carbons (Fsp3) is 0.310. The number of nitrogens with zero attached hydrogens (tertiary/aromatic N) is 1. The van der Waals surface area contributed by atoms with Gasteiger partial charge in [-0.3, -0.25) is 9.59 Å². The van der Waals surface area contributed by atoms with Gasteiger partial charge in [0, 0.05) is 24.0 Å². The van der Waals surface area contributed by atoms with Gasteiger partial charge in [0.25, 0.3) is 5.91 Å². The van der Waals surface area contributed by atoms with Gasteiger partial charge < -0.3 is 15.0 Å². The van der Waals surface area contributed by atoms with Crippen LogP contribution < -0.4 is 10.1 Å². The lowest BCUT2D eigenvalue weighted by Crippen LogP contribution is -2.53. The lowest BCUT2D eigenvalue weighted by atomic mass is 10.0. The fourth-order valence-electron chi connectivity index (χ4n) is 3.78. The molecule has 0 fully saturated rings. The highest BCUT2D eigenvalue weighted by Crippen LogP contribution is 2.28. The maximum absolute atomic E-state index is 13.7. The Bertz CT molecular complexity index is 1170. The monoisotopic (exact) mass is 570 g/mol. The van der Waals surface area contributed by atoms with Gasteiger partial charge in [-0.1, -0.05) is 73.1 Å². The number of aryl methyl sites for hydroxylation is 1. The Kier molecular flexibility index (Phi) is 10.4. The van der Waals surface area contributed by atoms with Crippen LogP contribution in [-0.4, -0.2) is 35.4 Å². The first-order chi connectivity index (χ1) is 17.3. The number of amides is 2. The average molecular weight is 572 g/mol. The van der Waals surface area contributed by atoms with Crippen molar-refractivity contribution < 1.29 is 14.3 Å². The minimum atomic E-state index is -0.703. The van der Waals surface area contributed by atoms with Gasteiger partial charge in [-0.15, -0.1) is 0 Å². The molecule has 7 heteroatoms. The number of hydrogen-bond acceptors (Lipinski definition) is 3. The van der Waals surface area contributed by atoms with Gasteiger partial charge >= 0.3 is 0 Å². The molecule has 190 valence electrons. The molecule has 1 N–H and O–H groups in total. The first-order valence-electron chi connectivity index (χ1n) is 12.0. The molecule has 3 aromatic rings. The number of hydrogen-bond donors (Lipinski definition) is 1. The third-order valence-corrected chi connectivity index (χ3v) is 6.97. The molecular weight excluding hydrogens is 540 g/mol. The zero-order valence-electron chi connectivity index (χ0n) is 20.8. The van der Waals surface area contributed by atoms with Gasteiger partial charge in [0.1, 0.15) is 11.8 Å². The zero-order valence-corrected chi connectivity index (χ0v) is 23.2. The molecule has 2 unspecified atom stereocenters. The number of rotatable bonds is 11. The Morgan fingerprint density at radius 3 is 2.42 bits per heavy atom. The van der Waals surface area contributed by atoms with E-state index in [2.05, 4.69) is 21.2 Å². The predicted molar refractivity (Wildman–Crippen MR) is 148 cm³/mol. The second-order valence-electron chi connectivity index (χ2n) is 8.83. The van der Waals surface area contributed by atoms with Gasteiger partial charge in [-0.05, 0) is 71.1 Å². The molecule has 3 aromatic carbocycles. The van der Waals surface area contributed by atoms with Crippen LogP contribution in [0, 0.1) is 6.92 Å². The summed E-state index contributed by atoms with van der Waals surface area (Å²) in [5.74, 6) is 0.0513. The Morgan fingerprint density at radius 2 is 1.75 bits per heavy atom. The fourth-order valence-corrected chi connectivity index (χ4v) is 4.58. The summed E-state index contributed by atoms with van der Waals surface area (Å²) >= 11 is 9.47. The molecule has 0 radical (unpaired) electrons. The molecule has 0 spiro atoms. The molecule has 2 atom stereocenters. The molecule has 36 heavy (non-hydrogen) atoms. The lowest BCUT2D eigenvalue weighted by molar-refractivity contribution is -0.143. The van der Waals surface area contributed by atoms with Crippen LogP contribution in [0.25, 0.3) is 0 Å². The van der Waals surface area contributed by atoms with E-state index in [0.29, 0.717) is 28.2 Å². The third-order valence-electron chi connectivity index (χ3n) is 6.12. The Morgan fingerprint density at radius 1 is 1.06 bits per heavy atom. The minimum Gasteiger partial charge on any atom is -0.483 e. The van der Waals surface area contributed by atoms with Crippen molar-refractivity contribution in [2.75, 3.05) is 6.61 Å². The second-order valence-corrected chi connectivity index (χ2v) is 10.1. The maximum atomic E-state index is 13.7. The molecule has 0 saturated carbocycles. The first-order valence-corrected chi connectivity index (χ1v) is 13.2. The molecule has 0 saturated heterocycles. The summed E-state index contributed by atoms with van der Waals surface area (Å²) in [4.78, 5) is 28.9. The van der Waals surface area contributed by atoms with Crippen LogP contribution in [0.3, 0.4) is 0 Å². The largest absolute Gasteiger partial charge is 0.483 e. The molecule has 0 aliphatic heterocycles. The van der Waals surface area contributed by atoms with Crippen molar-refractivity contribution in [3.05, 3.63) is 99.0 Å². The van der Waals surface area contributed by atoms with E-state index in [1.165, 1.54) is 0 Å².